The highest BCUT2D eigenvalue weighted by atomic mass is 16.3. The Balaban J connectivity index is 2.18. The second-order valence-electron chi connectivity index (χ2n) is 5.08. The molecule has 0 aromatic heterocycles. The minimum absolute atomic E-state index is 0.187. The Bertz CT molecular complexity index is 400. The number of carbonyl (C=O) groups excluding carboxylic acids is 1. The van der Waals surface area contributed by atoms with Gasteiger partial charge in [-0.1, -0.05) is 37.3 Å². The summed E-state index contributed by atoms with van der Waals surface area (Å²) in [6.45, 7) is 5.21. The van der Waals surface area contributed by atoms with E-state index in [2.05, 4.69) is 6.92 Å². The first-order valence-corrected chi connectivity index (χ1v) is 6.09. The third-order valence-electron chi connectivity index (χ3n) is 3.46. The van der Waals surface area contributed by atoms with E-state index in [1.807, 2.05) is 18.2 Å². The average Bonchev–Trinajstić information content (AvgIpc) is 2.76. The van der Waals surface area contributed by atoms with Crippen molar-refractivity contribution in [3.05, 3.63) is 35.9 Å². The molecule has 1 aliphatic rings. The van der Waals surface area contributed by atoms with E-state index in [0.717, 1.165) is 19.5 Å². The van der Waals surface area contributed by atoms with Crippen LogP contribution in [0.1, 0.15) is 25.8 Å². The third-order valence-corrected chi connectivity index (χ3v) is 3.46. The number of likely N-dealkylation sites (tertiary alicyclic amines) is 1. The van der Waals surface area contributed by atoms with Gasteiger partial charge in [-0.3, -0.25) is 4.79 Å². The molecule has 2 rings (SSSR count). The predicted molar refractivity (Wildman–Crippen MR) is 66.4 cm³/mol. The predicted octanol–water partition coefficient (Wildman–Crippen LogP) is 1.76. The second kappa shape index (κ2) is 4.49. The molecule has 0 radical (unpaired) electrons. The van der Waals surface area contributed by atoms with Gasteiger partial charge in [0.2, 0.25) is 0 Å². The van der Waals surface area contributed by atoms with E-state index in [0.29, 0.717) is 11.5 Å². The van der Waals surface area contributed by atoms with Gasteiger partial charge in [-0.25, -0.2) is 0 Å². The van der Waals surface area contributed by atoms with Crippen LogP contribution in [0.4, 0.5) is 0 Å². The summed E-state index contributed by atoms with van der Waals surface area (Å²) in [7, 11) is 0. The summed E-state index contributed by atoms with van der Waals surface area (Å²) in [6, 6.07) is 9.13. The van der Waals surface area contributed by atoms with E-state index in [1.165, 1.54) is 0 Å². The molecule has 1 aromatic carbocycles. The highest BCUT2D eigenvalue weighted by Crippen LogP contribution is 2.26. The number of aliphatic hydroxyl groups is 1. The molecule has 3 heteroatoms. The molecule has 1 N–H and O–H groups in total. The standard InChI is InChI=1S/C14H19NO2/c1-11-8-9-15(10-11)13(16)14(2,17)12-6-4-3-5-7-12/h3-7,11,17H,8-10H2,1-2H3/t11-,14+/m0/s1. The van der Waals surface area contributed by atoms with Crippen LogP contribution in [0.15, 0.2) is 30.3 Å². The van der Waals surface area contributed by atoms with E-state index in [4.69, 9.17) is 0 Å². The second-order valence-corrected chi connectivity index (χ2v) is 5.08. The van der Waals surface area contributed by atoms with Crippen LogP contribution in [0.25, 0.3) is 0 Å². The monoisotopic (exact) mass is 233 g/mol. The van der Waals surface area contributed by atoms with Gasteiger partial charge in [-0.05, 0) is 24.8 Å². The van der Waals surface area contributed by atoms with Gasteiger partial charge in [0.1, 0.15) is 0 Å². The fourth-order valence-corrected chi connectivity index (χ4v) is 2.31. The number of rotatable bonds is 2. The van der Waals surface area contributed by atoms with Crippen LogP contribution >= 0.6 is 0 Å². The molecule has 1 aromatic rings. The molecule has 2 atom stereocenters. The van der Waals surface area contributed by atoms with Crippen molar-refractivity contribution in [1.82, 2.24) is 4.90 Å². The van der Waals surface area contributed by atoms with Crippen LogP contribution in [0.2, 0.25) is 0 Å². The van der Waals surface area contributed by atoms with Gasteiger partial charge in [0.15, 0.2) is 5.60 Å². The Morgan fingerprint density at radius 2 is 2.06 bits per heavy atom. The van der Waals surface area contributed by atoms with E-state index < -0.39 is 5.60 Å². The first kappa shape index (κ1) is 12.1. The molecule has 1 fully saturated rings. The number of nitrogens with zero attached hydrogens (tertiary/aromatic N) is 1. The number of hydrogen-bond donors (Lipinski definition) is 1. The van der Waals surface area contributed by atoms with Gasteiger partial charge in [-0.2, -0.15) is 0 Å². The highest BCUT2D eigenvalue weighted by molar-refractivity contribution is 5.86. The number of hydrogen-bond acceptors (Lipinski definition) is 2. The van der Waals surface area contributed by atoms with Crippen molar-refractivity contribution in [3.8, 4) is 0 Å². The van der Waals surface area contributed by atoms with Crippen LogP contribution in [0.3, 0.4) is 0 Å². The first-order chi connectivity index (χ1) is 8.01. The lowest BCUT2D eigenvalue weighted by Crippen LogP contribution is -2.44. The van der Waals surface area contributed by atoms with Crippen molar-refractivity contribution in [2.24, 2.45) is 5.92 Å². The molecule has 0 saturated carbocycles. The maximum atomic E-state index is 12.3. The van der Waals surface area contributed by atoms with Crippen LogP contribution in [0.5, 0.6) is 0 Å². The fourth-order valence-electron chi connectivity index (χ4n) is 2.31. The minimum atomic E-state index is -1.41. The molecule has 1 saturated heterocycles. The quantitative estimate of drug-likeness (QED) is 0.845. The Kier molecular flexibility index (Phi) is 3.20. The zero-order valence-corrected chi connectivity index (χ0v) is 10.4. The topological polar surface area (TPSA) is 40.5 Å². The van der Waals surface area contributed by atoms with Crippen molar-refractivity contribution in [3.63, 3.8) is 0 Å². The average molecular weight is 233 g/mol. The minimum Gasteiger partial charge on any atom is -0.376 e. The molecule has 1 amide bonds. The summed E-state index contributed by atoms with van der Waals surface area (Å²) in [5, 5.41) is 10.4. The molecule has 0 unspecified atom stereocenters. The molecule has 0 aliphatic carbocycles. The summed E-state index contributed by atoms with van der Waals surface area (Å²) >= 11 is 0. The van der Waals surface area contributed by atoms with Crippen molar-refractivity contribution >= 4 is 5.91 Å². The molecule has 0 spiro atoms. The summed E-state index contributed by atoms with van der Waals surface area (Å²) < 4.78 is 0. The Hall–Kier alpha value is -1.35. The number of benzene rings is 1. The molecule has 1 aliphatic heterocycles. The van der Waals surface area contributed by atoms with Gasteiger partial charge in [0.25, 0.3) is 5.91 Å². The van der Waals surface area contributed by atoms with E-state index in [9.17, 15) is 9.90 Å². The van der Waals surface area contributed by atoms with Gasteiger partial charge in [0, 0.05) is 13.1 Å². The SMILES string of the molecule is C[C@H]1CCN(C(=O)[C@](C)(O)c2ccccc2)C1. The van der Waals surface area contributed by atoms with Crippen LogP contribution in [-0.4, -0.2) is 29.0 Å². The molecule has 17 heavy (non-hydrogen) atoms. The maximum absolute atomic E-state index is 12.3. The van der Waals surface area contributed by atoms with Crippen LogP contribution in [0, 0.1) is 5.92 Å². The van der Waals surface area contributed by atoms with Gasteiger partial charge in [0.05, 0.1) is 0 Å². The summed E-state index contributed by atoms with van der Waals surface area (Å²) in [5.74, 6) is 0.346. The van der Waals surface area contributed by atoms with Gasteiger partial charge in [-0.15, -0.1) is 0 Å². The van der Waals surface area contributed by atoms with Gasteiger partial charge >= 0.3 is 0 Å². The zero-order valence-electron chi connectivity index (χ0n) is 10.4. The van der Waals surface area contributed by atoms with E-state index >= 15 is 0 Å². The summed E-state index contributed by atoms with van der Waals surface area (Å²) in [4.78, 5) is 14.1. The number of carbonyl (C=O) groups is 1. The lowest BCUT2D eigenvalue weighted by Gasteiger charge is -2.28. The van der Waals surface area contributed by atoms with E-state index in [-0.39, 0.29) is 5.91 Å². The molecule has 92 valence electrons. The Morgan fingerprint density at radius 1 is 1.41 bits per heavy atom. The summed E-state index contributed by atoms with van der Waals surface area (Å²) in [6.07, 6.45) is 1.02. The number of amides is 1. The Labute approximate surface area is 102 Å². The van der Waals surface area contributed by atoms with E-state index in [1.54, 1.807) is 24.0 Å². The third kappa shape index (κ3) is 2.34. The highest BCUT2D eigenvalue weighted by Gasteiger charge is 2.38. The smallest absolute Gasteiger partial charge is 0.258 e. The van der Waals surface area contributed by atoms with Crippen molar-refractivity contribution < 1.29 is 9.90 Å². The Morgan fingerprint density at radius 3 is 2.59 bits per heavy atom. The van der Waals surface area contributed by atoms with Crippen molar-refractivity contribution in [2.45, 2.75) is 25.9 Å². The van der Waals surface area contributed by atoms with Crippen LogP contribution in [-0.2, 0) is 10.4 Å². The normalized spacial score (nSPS) is 23.5. The van der Waals surface area contributed by atoms with Crippen molar-refractivity contribution in [1.29, 1.82) is 0 Å². The first-order valence-electron chi connectivity index (χ1n) is 6.09. The maximum Gasteiger partial charge on any atom is 0.258 e. The molecule has 3 nitrogen and oxygen atoms in total. The largest absolute Gasteiger partial charge is 0.376 e. The fraction of sp³-hybridized carbons (Fsp3) is 0.500. The summed E-state index contributed by atoms with van der Waals surface area (Å²) in [5.41, 5.74) is -0.754. The van der Waals surface area contributed by atoms with Gasteiger partial charge < -0.3 is 10.0 Å². The molecule has 1 heterocycles. The lowest BCUT2D eigenvalue weighted by atomic mass is 9.94. The zero-order chi connectivity index (χ0) is 12.5. The lowest BCUT2D eigenvalue weighted by molar-refractivity contribution is -0.149. The molecular weight excluding hydrogens is 214 g/mol. The molecule has 0 bridgehead atoms. The molecular formula is C14H19NO2. The van der Waals surface area contributed by atoms with Crippen molar-refractivity contribution in [2.75, 3.05) is 13.1 Å². The van der Waals surface area contributed by atoms with Crippen LogP contribution < -0.4 is 0 Å².